The second-order valence-electron chi connectivity index (χ2n) is 7.08. The lowest BCUT2D eigenvalue weighted by Gasteiger charge is -2.11. The van der Waals surface area contributed by atoms with Crippen molar-refractivity contribution in [3.63, 3.8) is 0 Å². The highest BCUT2D eigenvalue weighted by Gasteiger charge is 2.36. The van der Waals surface area contributed by atoms with Gasteiger partial charge < -0.3 is 10.6 Å². The second kappa shape index (κ2) is 7.50. The van der Waals surface area contributed by atoms with Gasteiger partial charge in [-0.05, 0) is 36.6 Å². The minimum absolute atomic E-state index is 0.0962. The molecule has 4 rings (SSSR count). The number of aromatic nitrogens is 2. The van der Waals surface area contributed by atoms with Gasteiger partial charge in [-0.15, -0.1) is 0 Å². The predicted octanol–water partition coefficient (Wildman–Crippen LogP) is 4.08. The first-order chi connectivity index (χ1) is 14.0. The Balaban J connectivity index is 1.60. The Morgan fingerprint density at radius 3 is 2.69 bits per heavy atom. The molecule has 1 unspecified atom stereocenters. The molecule has 0 aliphatic carbocycles. The summed E-state index contributed by atoms with van der Waals surface area (Å²) in [6, 6.07) is 13.5. The van der Waals surface area contributed by atoms with Crippen LogP contribution in [0.2, 0.25) is 0 Å². The molecule has 29 heavy (non-hydrogen) atoms. The zero-order chi connectivity index (χ0) is 20.5. The van der Waals surface area contributed by atoms with E-state index in [1.807, 2.05) is 37.3 Å². The zero-order valence-corrected chi connectivity index (χ0v) is 16.2. The molecule has 0 bridgehead atoms. The SMILES string of the molecule is CCc1nn2c(c1-c1ccccc1)NC(=O)C2CC(=O)Nc1ccc(C)cc1F. The summed E-state index contributed by atoms with van der Waals surface area (Å²) in [6.07, 6.45) is 0.554. The number of nitrogens with zero attached hydrogens (tertiary/aromatic N) is 2. The number of anilines is 2. The summed E-state index contributed by atoms with van der Waals surface area (Å²) in [4.78, 5) is 25.0. The molecule has 6 nitrogen and oxygen atoms in total. The van der Waals surface area contributed by atoms with Crippen LogP contribution in [-0.4, -0.2) is 21.6 Å². The molecule has 0 saturated heterocycles. The first-order valence-corrected chi connectivity index (χ1v) is 9.51. The summed E-state index contributed by atoms with van der Waals surface area (Å²) in [5.74, 6) is -0.659. The van der Waals surface area contributed by atoms with Gasteiger partial charge in [-0.25, -0.2) is 9.07 Å². The third kappa shape index (κ3) is 3.51. The van der Waals surface area contributed by atoms with Gasteiger partial charge in [-0.2, -0.15) is 5.10 Å². The molecule has 148 valence electrons. The van der Waals surface area contributed by atoms with Crippen molar-refractivity contribution in [3.8, 4) is 11.1 Å². The zero-order valence-electron chi connectivity index (χ0n) is 16.2. The predicted molar refractivity (Wildman–Crippen MR) is 109 cm³/mol. The highest BCUT2D eigenvalue weighted by atomic mass is 19.1. The second-order valence-corrected chi connectivity index (χ2v) is 7.08. The lowest BCUT2D eigenvalue weighted by Crippen LogP contribution is -2.24. The van der Waals surface area contributed by atoms with Gasteiger partial charge in [0.2, 0.25) is 5.91 Å². The fourth-order valence-electron chi connectivity index (χ4n) is 3.57. The average molecular weight is 392 g/mol. The molecule has 0 spiro atoms. The Kier molecular flexibility index (Phi) is 4.88. The van der Waals surface area contributed by atoms with Crippen molar-refractivity contribution >= 4 is 23.3 Å². The smallest absolute Gasteiger partial charge is 0.251 e. The lowest BCUT2D eigenvalue weighted by molar-refractivity contribution is -0.123. The van der Waals surface area contributed by atoms with Crippen LogP contribution < -0.4 is 10.6 Å². The molecule has 1 aliphatic heterocycles. The van der Waals surface area contributed by atoms with Crippen molar-refractivity contribution in [1.29, 1.82) is 0 Å². The van der Waals surface area contributed by atoms with E-state index in [4.69, 9.17) is 0 Å². The number of halogens is 1. The van der Waals surface area contributed by atoms with Crippen molar-refractivity contribution in [1.82, 2.24) is 9.78 Å². The van der Waals surface area contributed by atoms with Crippen LogP contribution in [-0.2, 0) is 16.0 Å². The van der Waals surface area contributed by atoms with E-state index in [1.54, 1.807) is 17.7 Å². The Labute approximate surface area is 167 Å². The Bertz CT molecular complexity index is 1090. The molecule has 1 atom stereocenters. The number of aryl methyl sites for hydroxylation is 2. The fraction of sp³-hybridized carbons (Fsp3) is 0.227. The molecule has 7 heteroatoms. The Hall–Kier alpha value is -3.48. The molecule has 2 N–H and O–H groups in total. The number of carbonyl (C=O) groups excluding carboxylic acids is 2. The molecular weight excluding hydrogens is 371 g/mol. The molecule has 2 aromatic carbocycles. The molecule has 0 radical (unpaired) electrons. The van der Waals surface area contributed by atoms with E-state index >= 15 is 0 Å². The van der Waals surface area contributed by atoms with Crippen LogP contribution >= 0.6 is 0 Å². The number of hydrogen-bond acceptors (Lipinski definition) is 3. The summed E-state index contributed by atoms with van der Waals surface area (Å²) in [6.45, 7) is 3.76. The van der Waals surface area contributed by atoms with Gasteiger partial charge in [0.05, 0.1) is 17.8 Å². The van der Waals surface area contributed by atoms with Crippen LogP contribution in [0.4, 0.5) is 15.9 Å². The molecule has 0 saturated carbocycles. The van der Waals surface area contributed by atoms with E-state index in [1.165, 1.54) is 12.1 Å². The number of benzene rings is 2. The van der Waals surface area contributed by atoms with Crippen LogP contribution in [0.25, 0.3) is 11.1 Å². The van der Waals surface area contributed by atoms with Crippen LogP contribution in [0, 0.1) is 12.7 Å². The van der Waals surface area contributed by atoms with Gasteiger partial charge in [0.15, 0.2) is 0 Å². The summed E-state index contributed by atoms with van der Waals surface area (Å²) in [7, 11) is 0. The fourth-order valence-corrected chi connectivity index (χ4v) is 3.57. The highest BCUT2D eigenvalue weighted by molar-refractivity contribution is 6.04. The van der Waals surface area contributed by atoms with E-state index in [9.17, 15) is 14.0 Å². The van der Waals surface area contributed by atoms with Crippen LogP contribution in [0.5, 0.6) is 0 Å². The van der Waals surface area contributed by atoms with Crippen molar-refractivity contribution in [2.24, 2.45) is 0 Å². The highest BCUT2D eigenvalue weighted by Crippen LogP contribution is 2.38. The number of hydrogen-bond donors (Lipinski definition) is 2. The lowest BCUT2D eigenvalue weighted by atomic mass is 10.0. The normalized spacial score (nSPS) is 15.1. The molecule has 1 aromatic heterocycles. The first-order valence-electron chi connectivity index (χ1n) is 9.51. The number of carbonyl (C=O) groups is 2. The van der Waals surface area contributed by atoms with E-state index in [0.717, 1.165) is 22.4 Å². The van der Waals surface area contributed by atoms with Crippen LogP contribution in [0.3, 0.4) is 0 Å². The van der Waals surface area contributed by atoms with Gasteiger partial charge >= 0.3 is 0 Å². The average Bonchev–Trinajstić information content (AvgIpc) is 3.20. The van der Waals surface area contributed by atoms with E-state index < -0.39 is 17.8 Å². The van der Waals surface area contributed by atoms with E-state index in [2.05, 4.69) is 15.7 Å². The Morgan fingerprint density at radius 2 is 2.00 bits per heavy atom. The number of nitrogens with one attached hydrogen (secondary N) is 2. The van der Waals surface area contributed by atoms with Crippen LogP contribution in [0.15, 0.2) is 48.5 Å². The minimum Gasteiger partial charge on any atom is -0.324 e. The summed E-state index contributed by atoms with van der Waals surface area (Å²) in [5, 5.41) is 10.00. The quantitative estimate of drug-likeness (QED) is 0.687. The van der Waals surface area contributed by atoms with Crippen molar-refractivity contribution in [2.45, 2.75) is 32.7 Å². The maximum Gasteiger partial charge on any atom is 0.251 e. The summed E-state index contributed by atoms with van der Waals surface area (Å²) < 4.78 is 15.6. The Morgan fingerprint density at radius 1 is 1.24 bits per heavy atom. The summed E-state index contributed by atoms with van der Waals surface area (Å²) >= 11 is 0. The molecule has 2 amide bonds. The minimum atomic E-state index is -0.777. The number of rotatable bonds is 5. The first kappa shape index (κ1) is 18.9. The molecule has 1 aliphatic rings. The van der Waals surface area contributed by atoms with Gasteiger partial charge in [-0.1, -0.05) is 43.3 Å². The van der Waals surface area contributed by atoms with Crippen molar-refractivity contribution in [2.75, 3.05) is 10.6 Å². The topological polar surface area (TPSA) is 76.0 Å². The van der Waals surface area contributed by atoms with Crippen molar-refractivity contribution in [3.05, 3.63) is 65.6 Å². The van der Waals surface area contributed by atoms with Gasteiger partial charge in [0.1, 0.15) is 17.7 Å². The number of fused-ring (bicyclic) bond motifs is 1. The monoisotopic (exact) mass is 392 g/mol. The van der Waals surface area contributed by atoms with Gasteiger partial charge in [0, 0.05) is 5.56 Å². The van der Waals surface area contributed by atoms with Crippen molar-refractivity contribution < 1.29 is 14.0 Å². The maximum absolute atomic E-state index is 14.0. The molecular formula is C22H21FN4O2. The summed E-state index contributed by atoms with van der Waals surface area (Å²) in [5.41, 5.74) is 3.53. The maximum atomic E-state index is 14.0. The van der Waals surface area contributed by atoms with Gasteiger partial charge in [0.25, 0.3) is 5.91 Å². The third-order valence-corrected chi connectivity index (χ3v) is 5.00. The van der Waals surface area contributed by atoms with Crippen LogP contribution in [0.1, 0.15) is 30.6 Å². The van der Waals surface area contributed by atoms with E-state index in [-0.39, 0.29) is 18.0 Å². The molecule has 3 aromatic rings. The van der Waals surface area contributed by atoms with Gasteiger partial charge in [-0.3, -0.25) is 9.59 Å². The third-order valence-electron chi connectivity index (χ3n) is 5.00. The largest absolute Gasteiger partial charge is 0.324 e. The molecule has 2 heterocycles. The standard InChI is InChI=1S/C22H21FN4O2/c1-3-16-20(14-7-5-4-6-8-14)21-25-22(29)18(27(21)26-16)12-19(28)24-17-10-9-13(2)11-15(17)23/h4-11,18H,3,12H2,1-2H3,(H,24,28)(H,25,29). The van der Waals surface area contributed by atoms with E-state index in [0.29, 0.717) is 12.2 Å². The number of amides is 2. The molecule has 0 fully saturated rings.